The lowest BCUT2D eigenvalue weighted by Crippen LogP contribution is -2.48. The van der Waals surface area contributed by atoms with Gasteiger partial charge >= 0.3 is 13.7 Å². The van der Waals surface area contributed by atoms with Gasteiger partial charge in [-0.05, 0) is 57.0 Å². The van der Waals surface area contributed by atoms with Gasteiger partial charge in [-0.25, -0.2) is 31.8 Å². The van der Waals surface area contributed by atoms with Crippen LogP contribution in [0.15, 0.2) is 53.4 Å². The van der Waals surface area contributed by atoms with Crippen molar-refractivity contribution >= 4 is 29.6 Å². The molecule has 0 unspecified atom stereocenters. The fraction of sp³-hybridized carbons (Fsp3) is 0.375. The topological polar surface area (TPSA) is 182 Å². The molecule has 3 aromatic heterocycles. The van der Waals surface area contributed by atoms with E-state index in [0.29, 0.717) is 67.3 Å². The highest BCUT2D eigenvalue weighted by Gasteiger charge is 2.44. The fourth-order valence-electron chi connectivity index (χ4n) is 4.77. The Kier molecular flexibility index (Phi) is 7.10. The lowest BCUT2D eigenvalue weighted by atomic mass is 10.1. The van der Waals surface area contributed by atoms with Crippen LogP contribution in [0, 0.1) is 0 Å². The average molecular weight is 591 g/mol. The molecule has 4 aromatic rings. The molecule has 40 heavy (non-hydrogen) atoms. The zero-order valence-electron chi connectivity index (χ0n) is 21.2. The minimum Gasteiger partial charge on any atom is -0.467 e. The van der Waals surface area contributed by atoms with E-state index in [2.05, 4.69) is 19.8 Å². The summed E-state index contributed by atoms with van der Waals surface area (Å²) in [5, 5.41) is 2.86. The molecule has 212 valence electrons. The molecule has 3 N–H and O–H groups in total. The monoisotopic (exact) mass is 590 g/mol. The Morgan fingerprint density at radius 3 is 2.70 bits per heavy atom. The molecule has 1 aliphatic carbocycles. The number of oxazole rings is 1. The quantitative estimate of drug-likeness (QED) is 0.182. The van der Waals surface area contributed by atoms with Crippen LogP contribution in [0.2, 0.25) is 0 Å². The standard InChI is InChI=1S/C24H27N6O8PS/c31-39(32,33)38-15-37-18-3-1-2-16(14-18)21-22(29-12-13-36-24(29)28-21)20-8-11-26-23(27-20)30(17-6-9-25-10-7-17)40(34,35)19-4-5-19/h1-3,8,11-14,17,19,25H,4-7,9-10,15H2,(H2,31,32,33). The molecule has 2 fully saturated rings. The number of ether oxygens (including phenoxy) is 1. The van der Waals surface area contributed by atoms with Crippen molar-refractivity contribution in [1.82, 2.24) is 24.7 Å². The second kappa shape index (κ2) is 10.6. The van der Waals surface area contributed by atoms with Gasteiger partial charge < -0.3 is 24.3 Å². The number of anilines is 1. The number of fused-ring (bicyclic) bond motifs is 1. The molecule has 4 heterocycles. The van der Waals surface area contributed by atoms with E-state index in [9.17, 15) is 13.0 Å². The Balaban J connectivity index is 1.40. The Bertz CT molecular complexity index is 1680. The number of hydrogen-bond acceptors (Lipinski definition) is 10. The predicted molar refractivity (Wildman–Crippen MR) is 143 cm³/mol. The van der Waals surface area contributed by atoms with Crippen LogP contribution in [-0.2, 0) is 19.1 Å². The summed E-state index contributed by atoms with van der Waals surface area (Å²) in [6.07, 6.45) is 7.27. The van der Waals surface area contributed by atoms with Gasteiger partial charge in [-0.15, -0.1) is 0 Å². The largest absolute Gasteiger partial charge is 0.472 e. The number of benzene rings is 1. The highest BCUT2D eigenvalue weighted by atomic mass is 32.2. The number of imidazole rings is 1. The summed E-state index contributed by atoms with van der Waals surface area (Å²) in [4.78, 5) is 31.6. The number of nitrogens with zero attached hydrogens (tertiary/aromatic N) is 5. The van der Waals surface area contributed by atoms with E-state index >= 15 is 0 Å². The molecular formula is C24H27N6O8PS. The van der Waals surface area contributed by atoms with E-state index in [4.69, 9.17) is 23.9 Å². The summed E-state index contributed by atoms with van der Waals surface area (Å²) >= 11 is 0. The zero-order chi connectivity index (χ0) is 27.9. The molecular weight excluding hydrogens is 563 g/mol. The molecule has 1 saturated heterocycles. The molecule has 0 radical (unpaired) electrons. The smallest absolute Gasteiger partial charge is 0.467 e. The summed E-state index contributed by atoms with van der Waals surface area (Å²) in [7, 11) is -8.32. The number of phosphoric acid groups is 1. The van der Waals surface area contributed by atoms with Crippen molar-refractivity contribution in [2.45, 2.75) is 37.0 Å². The molecule has 0 amide bonds. The highest BCUT2D eigenvalue weighted by Crippen LogP contribution is 2.38. The van der Waals surface area contributed by atoms with E-state index in [1.165, 1.54) is 16.8 Å². The third-order valence-electron chi connectivity index (χ3n) is 6.76. The lowest BCUT2D eigenvalue weighted by molar-refractivity contribution is 0.0829. The highest BCUT2D eigenvalue weighted by molar-refractivity contribution is 7.93. The minimum atomic E-state index is -4.69. The second-order valence-corrected chi connectivity index (χ2v) is 12.9. The number of phosphoric ester groups is 1. The van der Waals surface area contributed by atoms with Crippen LogP contribution in [0.3, 0.4) is 0 Å². The van der Waals surface area contributed by atoms with Gasteiger partial charge in [0.1, 0.15) is 23.4 Å². The van der Waals surface area contributed by atoms with Crippen molar-refractivity contribution < 1.29 is 36.4 Å². The molecule has 14 nitrogen and oxygen atoms in total. The molecule has 2 aliphatic rings. The van der Waals surface area contributed by atoms with Crippen LogP contribution in [0.4, 0.5) is 5.95 Å². The maximum atomic E-state index is 13.6. The number of aromatic nitrogens is 4. The van der Waals surface area contributed by atoms with Gasteiger partial charge in [-0.2, -0.15) is 4.98 Å². The van der Waals surface area contributed by atoms with E-state index in [1.54, 1.807) is 40.9 Å². The molecule has 0 bridgehead atoms. The van der Waals surface area contributed by atoms with Crippen molar-refractivity contribution in [2.24, 2.45) is 0 Å². The van der Waals surface area contributed by atoms with Crippen molar-refractivity contribution in [3.63, 3.8) is 0 Å². The van der Waals surface area contributed by atoms with Crippen LogP contribution in [0.5, 0.6) is 5.75 Å². The van der Waals surface area contributed by atoms with Gasteiger partial charge in [-0.1, -0.05) is 12.1 Å². The third kappa shape index (κ3) is 5.48. The Hall–Kier alpha value is -3.33. The third-order valence-corrected chi connectivity index (χ3v) is 9.52. The number of nitrogens with one attached hydrogen (secondary N) is 1. The molecule has 0 atom stereocenters. The van der Waals surface area contributed by atoms with Crippen molar-refractivity contribution in [3.05, 3.63) is 49.0 Å². The first-order valence-electron chi connectivity index (χ1n) is 12.7. The van der Waals surface area contributed by atoms with Gasteiger partial charge in [0.15, 0.2) is 6.79 Å². The van der Waals surface area contributed by atoms with E-state index in [-0.39, 0.29) is 17.7 Å². The van der Waals surface area contributed by atoms with Gasteiger partial charge in [0.25, 0.3) is 0 Å². The predicted octanol–water partition coefficient (Wildman–Crippen LogP) is 2.55. The Morgan fingerprint density at radius 1 is 1.15 bits per heavy atom. The maximum Gasteiger partial charge on any atom is 0.472 e. The molecule has 16 heteroatoms. The first kappa shape index (κ1) is 26.9. The SMILES string of the molecule is O=P(O)(O)OCOc1cccc(-c2nc3occn3c2-c2ccnc(N(C3CCNCC3)S(=O)(=O)C3CC3)n2)c1. The van der Waals surface area contributed by atoms with E-state index < -0.39 is 29.9 Å². The van der Waals surface area contributed by atoms with Crippen molar-refractivity contribution in [3.8, 4) is 28.4 Å². The zero-order valence-corrected chi connectivity index (χ0v) is 22.9. The van der Waals surface area contributed by atoms with Gasteiger partial charge in [0, 0.05) is 18.0 Å². The van der Waals surface area contributed by atoms with E-state index in [1.807, 2.05) is 0 Å². The second-order valence-electron chi connectivity index (χ2n) is 9.54. The minimum absolute atomic E-state index is 0.118. The van der Waals surface area contributed by atoms with Crippen LogP contribution in [-0.4, -0.2) is 68.7 Å². The summed E-state index contributed by atoms with van der Waals surface area (Å²) in [6, 6.07) is 8.15. The molecule has 0 spiro atoms. The number of hydrogen-bond donors (Lipinski definition) is 3. The molecule has 6 rings (SSSR count). The van der Waals surface area contributed by atoms with Gasteiger partial charge in [-0.3, -0.25) is 4.40 Å². The number of sulfonamides is 1. The Labute approximate surface area is 229 Å². The van der Waals surface area contributed by atoms with Gasteiger partial charge in [0.2, 0.25) is 16.0 Å². The van der Waals surface area contributed by atoms with Crippen molar-refractivity contribution in [1.29, 1.82) is 0 Å². The van der Waals surface area contributed by atoms with Crippen LogP contribution in [0.1, 0.15) is 25.7 Å². The van der Waals surface area contributed by atoms with Crippen LogP contribution >= 0.6 is 7.82 Å². The normalized spacial score (nSPS) is 16.9. The Morgan fingerprint density at radius 2 is 1.95 bits per heavy atom. The van der Waals surface area contributed by atoms with E-state index in [0.717, 1.165) is 0 Å². The number of rotatable bonds is 10. The number of piperidine rings is 1. The summed E-state index contributed by atoms with van der Waals surface area (Å²) < 4.78 is 56.5. The van der Waals surface area contributed by atoms with Crippen molar-refractivity contribution in [2.75, 3.05) is 24.2 Å². The lowest BCUT2D eigenvalue weighted by Gasteiger charge is -2.33. The molecule has 1 aliphatic heterocycles. The summed E-state index contributed by atoms with van der Waals surface area (Å²) in [5.74, 6) is 0.701. The van der Waals surface area contributed by atoms with Crippen LogP contribution < -0.4 is 14.4 Å². The summed E-state index contributed by atoms with van der Waals surface area (Å²) in [5.41, 5.74) is 2.06. The fourth-order valence-corrected chi connectivity index (χ4v) is 6.95. The van der Waals surface area contributed by atoms with Crippen LogP contribution in [0.25, 0.3) is 28.5 Å². The average Bonchev–Trinajstić information content (AvgIpc) is 3.60. The maximum absolute atomic E-state index is 13.6. The first-order chi connectivity index (χ1) is 19.2. The van der Waals surface area contributed by atoms with Gasteiger partial charge in [0.05, 0.1) is 17.0 Å². The molecule has 1 aromatic carbocycles. The first-order valence-corrected chi connectivity index (χ1v) is 15.7. The summed E-state index contributed by atoms with van der Waals surface area (Å²) in [6.45, 7) is 0.769. The molecule has 1 saturated carbocycles.